The third-order valence-electron chi connectivity index (χ3n) is 12.1. The summed E-state index contributed by atoms with van der Waals surface area (Å²) in [4.78, 5) is 10.3. The molecular weight excluding hydrogens is 741 g/mol. The Bertz CT molecular complexity index is 3610. The molecule has 12 aromatic rings. The molecule has 10 aromatic carbocycles. The minimum atomic E-state index is 0.692. The summed E-state index contributed by atoms with van der Waals surface area (Å²) in [5.74, 6) is 0.692. The number of aromatic nitrogens is 2. The highest BCUT2D eigenvalue weighted by Gasteiger charge is 2.19. The van der Waals surface area contributed by atoms with Crippen molar-refractivity contribution < 1.29 is 4.42 Å². The lowest BCUT2D eigenvalue weighted by Crippen LogP contribution is -1.96. The molecule has 0 saturated carbocycles. The molecular formula is C58H36N2O. The molecule has 0 aliphatic heterocycles. The molecule has 3 heteroatoms. The summed E-state index contributed by atoms with van der Waals surface area (Å²) in [5, 5.41) is 9.73. The van der Waals surface area contributed by atoms with Gasteiger partial charge in [0.2, 0.25) is 0 Å². The van der Waals surface area contributed by atoms with Gasteiger partial charge >= 0.3 is 0 Å². The quantitative estimate of drug-likeness (QED) is 0.125. The fourth-order valence-electron chi connectivity index (χ4n) is 9.17. The smallest absolute Gasteiger partial charge is 0.160 e. The molecule has 0 radical (unpaired) electrons. The van der Waals surface area contributed by atoms with Gasteiger partial charge in [-0.1, -0.05) is 194 Å². The van der Waals surface area contributed by atoms with Crippen LogP contribution in [0.5, 0.6) is 0 Å². The minimum absolute atomic E-state index is 0.692. The second-order valence-corrected chi connectivity index (χ2v) is 15.7. The van der Waals surface area contributed by atoms with Gasteiger partial charge < -0.3 is 4.42 Å². The van der Waals surface area contributed by atoms with Crippen LogP contribution in [0.2, 0.25) is 0 Å². The summed E-state index contributed by atoms with van der Waals surface area (Å²) in [7, 11) is 0. The lowest BCUT2D eigenvalue weighted by molar-refractivity contribution is 0.669. The summed E-state index contributed by atoms with van der Waals surface area (Å²) in [6.07, 6.45) is 0. The van der Waals surface area contributed by atoms with E-state index < -0.39 is 0 Å². The van der Waals surface area contributed by atoms with Crippen LogP contribution in [-0.2, 0) is 0 Å². The molecule has 0 spiro atoms. The Morgan fingerprint density at radius 1 is 0.279 bits per heavy atom. The first-order chi connectivity index (χ1) is 30.2. The number of para-hydroxylation sites is 1. The summed E-state index contributed by atoms with van der Waals surface area (Å²) >= 11 is 0. The molecule has 12 rings (SSSR count). The number of benzene rings is 10. The van der Waals surface area contributed by atoms with Gasteiger partial charge in [-0.2, -0.15) is 0 Å². The molecule has 0 N–H and O–H groups in total. The Labute approximate surface area is 352 Å². The molecule has 284 valence electrons. The van der Waals surface area contributed by atoms with Gasteiger partial charge in [0, 0.05) is 27.5 Å². The second kappa shape index (κ2) is 14.3. The molecule has 0 aliphatic rings. The normalized spacial score (nSPS) is 11.6. The summed E-state index contributed by atoms with van der Waals surface area (Å²) < 4.78 is 6.21. The van der Waals surface area contributed by atoms with E-state index >= 15 is 0 Å². The first-order valence-corrected chi connectivity index (χ1v) is 20.7. The van der Waals surface area contributed by atoms with E-state index in [4.69, 9.17) is 14.4 Å². The van der Waals surface area contributed by atoms with Crippen LogP contribution in [0.4, 0.5) is 0 Å². The SMILES string of the molecule is c1ccc(-c2nc(-c3ccc(-c4ccc5c(c4)oc4ccccc45)cc3)cc(-c3ccc(-c4c5ccccc5c(-c5ccccc5)c5c4ccc4ccccc45)cc3)n2)cc1. The van der Waals surface area contributed by atoms with Gasteiger partial charge in [0.25, 0.3) is 0 Å². The molecule has 2 heterocycles. The van der Waals surface area contributed by atoms with Gasteiger partial charge in [0.1, 0.15) is 11.2 Å². The van der Waals surface area contributed by atoms with Crippen molar-refractivity contribution in [3.05, 3.63) is 218 Å². The van der Waals surface area contributed by atoms with Gasteiger partial charge in [-0.3, -0.25) is 0 Å². The standard InChI is InChI=1S/C58H36N2O/c1-3-14-41(15-4-1)56-49-21-10-9-20-48(49)55(50-34-31-38-13-7-8-18-45(38)57(50)56)42-29-27-40(28-30-42)52-36-51(59-58(60-52)43-16-5-2-6-17-43)39-25-23-37(24-26-39)44-32-33-47-46-19-11-12-22-53(46)61-54(47)35-44/h1-36H. The number of rotatable bonds is 6. The summed E-state index contributed by atoms with van der Waals surface area (Å²) in [6.45, 7) is 0. The van der Waals surface area contributed by atoms with Crippen molar-refractivity contribution in [3.63, 3.8) is 0 Å². The Kier molecular flexibility index (Phi) is 8.17. The predicted octanol–water partition coefficient (Wildman–Crippen LogP) is 15.8. The maximum absolute atomic E-state index is 6.21. The van der Waals surface area contributed by atoms with Gasteiger partial charge in [-0.15, -0.1) is 0 Å². The third-order valence-corrected chi connectivity index (χ3v) is 12.1. The van der Waals surface area contributed by atoms with E-state index in [0.717, 1.165) is 66.7 Å². The lowest BCUT2D eigenvalue weighted by atomic mass is 9.84. The van der Waals surface area contributed by atoms with Crippen LogP contribution in [0.25, 0.3) is 122 Å². The number of hydrogen-bond acceptors (Lipinski definition) is 3. The minimum Gasteiger partial charge on any atom is -0.456 e. The van der Waals surface area contributed by atoms with Gasteiger partial charge in [-0.05, 0) is 90.0 Å². The number of nitrogens with zero attached hydrogens (tertiary/aromatic N) is 2. The molecule has 2 aromatic heterocycles. The van der Waals surface area contributed by atoms with E-state index in [1.807, 2.05) is 30.3 Å². The predicted molar refractivity (Wildman–Crippen MR) is 254 cm³/mol. The van der Waals surface area contributed by atoms with Crippen LogP contribution in [0.1, 0.15) is 0 Å². The molecule has 0 aliphatic carbocycles. The average Bonchev–Trinajstić information content (AvgIpc) is 3.72. The zero-order valence-corrected chi connectivity index (χ0v) is 33.1. The van der Waals surface area contributed by atoms with Crippen molar-refractivity contribution in [3.8, 4) is 67.3 Å². The van der Waals surface area contributed by atoms with Crippen LogP contribution in [0, 0.1) is 0 Å². The van der Waals surface area contributed by atoms with Gasteiger partial charge in [-0.25, -0.2) is 9.97 Å². The third kappa shape index (κ3) is 5.98. The van der Waals surface area contributed by atoms with E-state index in [9.17, 15) is 0 Å². The Morgan fingerprint density at radius 2 is 0.770 bits per heavy atom. The van der Waals surface area contributed by atoms with Crippen LogP contribution in [0.3, 0.4) is 0 Å². The molecule has 0 unspecified atom stereocenters. The van der Waals surface area contributed by atoms with Crippen molar-refractivity contribution in [2.24, 2.45) is 0 Å². The van der Waals surface area contributed by atoms with E-state index in [2.05, 4.69) is 188 Å². The van der Waals surface area contributed by atoms with Crippen molar-refractivity contribution in [2.45, 2.75) is 0 Å². The number of furan rings is 1. The average molecular weight is 777 g/mol. The Morgan fingerprint density at radius 3 is 1.48 bits per heavy atom. The van der Waals surface area contributed by atoms with E-state index in [1.54, 1.807) is 0 Å². The maximum atomic E-state index is 6.21. The highest BCUT2D eigenvalue weighted by atomic mass is 16.3. The highest BCUT2D eigenvalue weighted by molar-refractivity contribution is 6.28. The largest absolute Gasteiger partial charge is 0.456 e. The zero-order chi connectivity index (χ0) is 40.3. The fraction of sp³-hybridized carbons (Fsp3) is 0. The van der Waals surface area contributed by atoms with Gasteiger partial charge in [0.15, 0.2) is 5.82 Å². The topological polar surface area (TPSA) is 38.9 Å². The van der Waals surface area contributed by atoms with Crippen LogP contribution >= 0.6 is 0 Å². The molecule has 3 nitrogen and oxygen atoms in total. The van der Waals surface area contributed by atoms with Crippen LogP contribution in [-0.4, -0.2) is 9.97 Å². The maximum Gasteiger partial charge on any atom is 0.160 e. The van der Waals surface area contributed by atoms with Gasteiger partial charge in [0.05, 0.1) is 11.4 Å². The lowest BCUT2D eigenvalue weighted by Gasteiger charge is -2.19. The van der Waals surface area contributed by atoms with E-state index in [1.165, 1.54) is 49.0 Å². The van der Waals surface area contributed by atoms with E-state index in [0.29, 0.717) is 5.82 Å². The first-order valence-electron chi connectivity index (χ1n) is 20.7. The Balaban J connectivity index is 0.968. The fourth-order valence-corrected chi connectivity index (χ4v) is 9.17. The molecule has 61 heavy (non-hydrogen) atoms. The molecule has 0 amide bonds. The van der Waals surface area contributed by atoms with E-state index in [-0.39, 0.29) is 0 Å². The second-order valence-electron chi connectivity index (χ2n) is 15.7. The Hall–Kier alpha value is -8.14. The summed E-state index contributed by atoms with van der Waals surface area (Å²) in [5.41, 5.74) is 13.7. The molecule has 0 atom stereocenters. The summed E-state index contributed by atoms with van der Waals surface area (Å²) in [6, 6.07) is 77.6. The van der Waals surface area contributed by atoms with Crippen molar-refractivity contribution in [2.75, 3.05) is 0 Å². The highest BCUT2D eigenvalue weighted by Crippen LogP contribution is 2.46. The zero-order valence-electron chi connectivity index (χ0n) is 33.1. The monoisotopic (exact) mass is 776 g/mol. The van der Waals surface area contributed by atoms with Crippen LogP contribution < -0.4 is 0 Å². The first kappa shape index (κ1) is 34.9. The molecule has 0 bridgehead atoms. The van der Waals surface area contributed by atoms with Crippen molar-refractivity contribution >= 4 is 54.3 Å². The van der Waals surface area contributed by atoms with Crippen molar-refractivity contribution in [1.29, 1.82) is 0 Å². The molecule has 0 fully saturated rings. The number of fused-ring (bicyclic) bond motifs is 7. The number of hydrogen-bond donors (Lipinski definition) is 0. The van der Waals surface area contributed by atoms with Crippen LogP contribution in [0.15, 0.2) is 223 Å². The van der Waals surface area contributed by atoms with Crippen molar-refractivity contribution in [1.82, 2.24) is 9.97 Å². The molecule has 0 saturated heterocycles.